The molecule has 0 radical (unpaired) electrons. The maximum atomic E-state index is 14.0. The number of nitrogens with two attached hydrogens (primary N) is 1. The first-order valence-electron chi connectivity index (χ1n) is 11.0. The fourth-order valence-electron chi connectivity index (χ4n) is 5.20. The van der Waals surface area contributed by atoms with Crippen LogP contribution in [-0.2, 0) is 24.5 Å². The predicted octanol–water partition coefficient (Wildman–Crippen LogP) is 4.69. The lowest BCUT2D eigenvalue weighted by molar-refractivity contribution is -0.140. The summed E-state index contributed by atoms with van der Waals surface area (Å²) < 4.78 is 20.0. The zero-order valence-corrected chi connectivity index (χ0v) is 20.9. The van der Waals surface area contributed by atoms with Crippen LogP contribution in [0.4, 0.5) is 15.8 Å². The number of hydrogen-bond donors (Lipinski definition) is 2. The number of amides is 1. The molecule has 10 heteroatoms. The number of nitrogens with one attached hydrogen (secondary N) is 1. The van der Waals surface area contributed by atoms with E-state index in [4.69, 9.17) is 22.1 Å². The third-order valence-electron chi connectivity index (χ3n) is 6.52. The Hall–Kier alpha value is -3.17. The summed E-state index contributed by atoms with van der Waals surface area (Å²) in [5.74, 6) is -2.36. The zero-order valence-electron chi connectivity index (χ0n) is 18.6. The Bertz CT molecular complexity index is 1390. The van der Waals surface area contributed by atoms with Gasteiger partial charge in [-0.1, -0.05) is 27.5 Å². The van der Waals surface area contributed by atoms with Gasteiger partial charge in [0.25, 0.3) is 0 Å². The molecular weight excluding hydrogens is 541 g/mol. The van der Waals surface area contributed by atoms with Gasteiger partial charge in [-0.15, -0.1) is 0 Å². The van der Waals surface area contributed by atoms with Gasteiger partial charge >= 0.3 is 5.97 Å². The highest BCUT2D eigenvalue weighted by Crippen LogP contribution is 2.56. The summed E-state index contributed by atoms with van der Waals surface area (Å²) in [6.45, 7) is 1.66. The number of nitrogens with zero attached hydrogens (tertiary/aromatic N) is 1. The molecule has 3 aliphatic rings. The van der Waals surface area contributed by atoms with E-state index in [1.54, 1.807) is 25.1 Å². The molecule has 2 heterocycles. The summed E-state index contributed by atoms with van der Waals surface area (Å²) >= 11 is 9.50. The normalized spacial score (nSPS) is 21.3. The number of fused-ring (bicyclic) bond motifs is 3. The highest BCUT2D eigenvalue weighted by atomic mass is 79.9. The predicted molar refractivity (Wildman–Crippen MR) is 132 cm³/mol. The number of hydrogen-bond acceptors (Lipinski definition) is 6. The van der Waals surface area contributed by atoms with Gasteiger partial charge in [-0.3, -0.25) is 14.5 Å². The van der Waals surface area contributed by atoms with Crippen LogP contribution in [0.5, 0.6) is 0 Å². The monoisotopic (exact) mass is 559 g/mol. The molecule has 0 aromatic heterocycles. The van der Waals surface area contributed by atoms with Crippen molar-refractivity contribution in [1.29, 1.82) is 0 Å². The molecule has 0 bridgehead atoms. The number of rotatable bonds is 3. The number of ketones is 1. The van der Waals surface area contributed by atoms with E-state index in [0.29, 0.717) is 39.9 Å². The second kappa shape index (κ2) is 8.49. The van der Waals surface area contributed by atoms with Crippen molar-refractivity contribution in [2.24, 2.45) is 5.73 Å². The first-order valence-corrected chi connectivity index (χ1v) is 12.2. The Morgan fingerprint density at radius 3 is 2.74 bits per heavy atom. The number of benzene rings is 2. The average Bonchev–Trinajstić information content (AvgIpc) is 3.08. The molecule has 1 unspecified atom stereocenters. The van der Waals surface area contributed by atoms with Crippen LogP contribution in [0.1, 0.15) is 31.7 Å². The van der Waals surface area contributed by atoms with Gasteiger partial charge in [0.15, 0.2) is 5.78 Å². The number of halogens is 3. The fourth-order valence-corrected chi connectivity index (χ4v) is 5.74. The number of carbonyl (C=O) groups is 3. The van der Waals surface area contributed by atoms with Gasteiger partial charge in [-0.2, -0.15) is 0 Å². The smallest absolute Gasteiger partial charge is 0.339 e. The molecule has 3 N–H and O–H groups in total. The minimum atomic E-state index is -1.79. The maximum Gasteiger partial charge on any atom is 0.339 e. The second-order valence-electron chi connectivity index (χ2n) is 8.41. The van der Waals surface area contributed by atoms with Crippen LogP contribution in [0.2, 0.25) is 5.02 Å². The number of carbonyl (C=O) groups excluding carboxylic acids is 3. The van der Waals surface area contributed by atoms with Gasteiger partial charge in [0.05, 0.1) is 11.6 Å². The van der Waals surface area contributed by atoms with Gasteiger partial charge in [-0.05, 0) is 56.2 Å². The van der Waals surface area contributed by atoms with Crippen LogP contribution in [0, 0.1) is 5.82 Å². The van der Waals surface area contributed by atoms with Crippen LogP contribution in [-0.4, -0.2) is 24.3 Å². The Morgan fingerprint density at radius 2 is 2.03 bits per heavy atom. The molecule has 1 aliphatic carbocycles. The van der Waals surface area contributed by atoms with E-state index in [1.807, 2.05) is 0 Å². The van der Waals surface area contributed by atoms with Crippen molar-refractivity contribution < 1.29 is 23.5 Å². The number of allylic oxidation sites excluding steroid dienone is 1. The van der Waals surface area contributed by atoms with Crippen LogP contribution in [0.3, 0.4) is 0 Å². The fraction of sp³-hybridized carbons (Fsp3) is 0.240. The number of anilines is 2. The summed E-state index contributed by atoms with van der Waals surface area (Å²) in [4.78, 5) is 42.4. The summed E-state index contributed by atoms with van der Waals surface area (Å²) in [7, 11) is 0. The minimum absolute atomic E-state index is 0.0287. The standard InChI is InChI=1S/C25H20BrClFN3O4/c1-2-35-23(33)21-22(29)31(13-7-8-16(28)15(27)11-13)18-4-3-5-19(32)20(18)25(21)14-10-12(26)6-9-17(14)30-24(25)34/h6-11H,2-5,29H2,1H3,(H,30,34). The average molecular weight is 561 g/mol. The van der Waals surface area contributed by atoms with Crippen molar-refractivity contribution in [1.82, 2.24) is 0 Å². The van der Waals surface area contributed by atoms with E-state index >= 15 is 0 Å². The lowest BCUT2D eigenvalue weighted by Crippen LogP contribution is -2.53. The van der Waals surface area contributed by atoms with Crippen LogP contribution < -0.4 is 16.0 Å². The van der Waals surface area contributed by atoms with E-state index in [9.17, 15) is 18.8 Å². The second-order valence-corrected chi connectivity index (χ2v) is 9.73. The number of Topliss-reactive ketones (excluding diaryl/α,β-unsaturated/α-hetero) is 1. The number of esters is 1. The van der Waals surface area contributed by atoms with Crippen molar-refractivity contribution in [3.8, 4) is 0 Å². The molecule has 2 aromatic carbocycles. The summed E-state index contributed by atoms with van der Waals surface area (Å²) in [5, 5.41) is 2.68. The van der Waals surface area contributed by atoms with Crippen molar-refractivity contribution in [2.45, 2.75) is 31.6 Å². The number of ether oxygens (including phenoxy) is 1. The zero-order chi connectivity index (χ0) is 25.1. The summed E-state index contributed by atoms with van der Waals surface area (Å²) in [5.41, 5.74) is 6.61. The van der Waals surface area contributed by atoms with Crippen LogP contribution in [0.15, 0.2) is 63.5 Å². The molecule has 0 saturated heterocycles. The Morgan fingerprint density at radius 1 is 1.26 bits per heavy atom. The van der Waals surface area contributed by atoms with Crippen molar-refractivity contribution >= 4 is 56.6 Å². The highest BCUT2D eigenvalue weighted by Gasteiger charge is 2.62. The molecule has 35 heavy (non-hydrogen) atoms. The molecule has 7 nitrogen and oxygen atoms in total. The lowest BCUT2D eigenvalue weighted by Gasteiger charge is -2.44. The van der Waals surface area contributed by atoms with Crippen LogP contribution in [0.25, 0.3) is 0 Å². The van der Waals surface area contributed by atoms with E-state index in [-0.39, 0.29) is 40.8 Å². The largest absolute Gasteiger partial charge is 0.462 e. The molecule has 5 rings (SSSR count). The quantitative estimate of drug-likeness (QED) is 0.528. The molecule has 1 amide bonds. The van der Waals surface area contributed by atoms with Crippen molar-refractivity contribution in [3.05, 3.63) is 79.9 Å². The Kier molecular flexibility index (Phi) is 5.72. The van der Waals surface area contributed by atoms with E-state index in [2.05, 4.69) is 21.2 Å². The third kappa shape index (κ3) is 3.32. The summed E-state index contributed by atoms with van der Waals surface area (Å²) in [6, 6.07) is 9.16. The molecule has 180 valence electrons. The lowest BCUT2D eigenvalue weighted by atomic mass is 9.63. The van der Waals surface area contributed by atoms with Crippen molar-refractivity contribution in [2.75, 3.05) is 16.8 Å². The first-order chi connectivity index (χ1) is 16.7. The Balaban J connectivity index is 1.90. The van der Waals surface area contributed by atoms with Crippen molar-refractivity contribution in [3.63, 3.8) is 0 Å². The van der Waals surface area contributed by atoms with E-state index < -0.39 is 23.1 Å². The van der Waals surface area contributed by atoms with Crippen LogP contribution >= 0.6 is 27.5 Å². The molecule has 2 aromatic rings. The SMILES string of the molecule is CCOC(=O)C1=C(N)N(c2ccc(F)c(Cl)c2)C2=C(C(=O)CCC2)C12C(=O)Nc1ccc(Br)cc12. The van der Waals surface area contributed by atoms with Gasteiger partial charge in [0, 0.05) is 39.1 Å². The van der Waals surface area contributed by atoms with Gasteiger partial charge in [-0.25, -0.2) is 9.18 Å². The third-order valence-corrected chi connectivity index (χ3v) is 7.30. The molecule has 0 fully saturated rings. The van der Waals surface area contributed by atoms with E-state index in [1.165, 1.54) is 23.1 Å². The molecular formula is C25H20BrClFN3O4. The minimum Gasteiger partial charge on any atom is -0.462 e. The molecule has 1 atom stereocenters. The molecule has 2 aliphatic heterocycles. The highest BCUT2D eigenvalue weighted by molar-refractivity contribution is 9.10. The van der Waals surface area contributed by atoms with Gasteiger partial charge in [0.2, 0.25) is 5.91 Å². The summed E-state index contributed by atoms with van der Waals surface area (Å²) in [6.07, 6.45) is 1.13. The first kappa shape index (κ1) is 23.6. The Labute approximate surface area is 213 Å². The molecule has 0 saturated carbocycles. The maximum absolute atomic E-state index is 14.0. The topological polar surface area (TPSA) is 102 Å². The molecule has 1 spiro atoms. The van der Waals surface area contributed by atoms with Gasteiger partial charge < -0.3 is 15.8 Å². The van der Waals surface area contributed by atoms with E-state index in [0.717, 1.165) is 0 Å². The van der Waals surface area contributed by atoms with Gasteiger partial charge in [0.1, 0.15) is 22.6 Å².